The average molecular weight is 231 g/mol. The number of nitrogens with two attached hydrogens (primary N) is 1. The summed E-state index contributed by atoms with van der Waals surface area (Å²) in [5, 5.41) is 11.9. The number of anilines is 1. The third-order valence-corrected chi connectivity index (χ3v) is 1.82. The Labute approximate surface area is 94.9 Å². The fourth-order valence-electron chi connectivity index (χ4n) is 0.997. The summed E-state index contributed by atoms with van der Waals surface area (Å²) in [6.07, 6.45) is 0. The molecule has 4 N–H and O–H groups in total. The van der Waals surface area contributed by atoms with E-state index in [0.29, 0.717) is 5.69 Å². The van der Waals surface area contributed by atoms with Gasteiger partial charge in [0.15, 0.2) is 0 Å². The number of hydrogen-bond acceptors (Lipinski definition) is 3. The van der Waals surface area contributed by atoms with Crippen LogP contribution in [-0.2, 0) is 4.79 Å². The van der Waals surface area contributed by atoms with Gasteiger partial charge in [0.25, 0.3) is 0 Å². The number of phenolic OH excluding ortho intramolecular Hbond substituents is 1. The van der Waals surface area contributed by atoms with Crippen molar-refractivity contribution in [3.63, 3.8) is 0 Å². The summed E-state index contributed by atoms with van der Waals surface area (Å²) in [5.74, 6) is -0.268. The minimum atomic E-state index is -0.588. The Morgan fingerprint density at radius 1 is 1.53 bits per heavy atom. The third-order valence-electron chi connectivity index (χ3n) is 1.82. The van der Waals surface area contributed by atoms with Gasteiger partial charge in [0.05, 0.1) is 11.7 Å². The van der Waals surface area contributed by atoms with Crippen molar-refractivity contribution in [2.45, 2.75) is 19.9 Å². The molecule has 0 aromatic heterocycles. The van der Waals surface area contributed by atoms with Crippen LogP contribution in [0.4, 0.5) is 5.69 Å². The number of amides is 1. The molecule has 1 aromatic rings. The van der Waals surface area contributed by atoms with Crippen molar-refractivity contribution < 1.29 is 9.90 Å². The Morgan fingerprint density at radius 2 is 2.13 bits per heavy atom. The number of aryl methyl sites for hydroxylation is 1. The van der Waals surface area contributed by atoms with Gasteiger partial charge in [-0.2, -0.15) is 0 Å². The minimum Gasteiger partial charge on any atom is -0.506 e. The molecule has 1 amide bonds. The molecule has 0 aliphatic heterocycles. The molecule has 0 bridgehead atoms. The van der Waals surface area contributed by atoms with Crippen LogP contribution in [0, 0.1) is 6.92 Å². The van der Waals surface area contributed by atoms with Crippen molar-refractivity contribution in [3.8, 4) is 5.75 Å². The summed E-state index contributed by atoms with van der Waals surface area (Å²) >= 11 is 0. The number of halogens is 1. The summed E-state index contributed by atoms with van der Waals surface area (Å²) in [4.78, 5) is 11.2. The Kier molecular flexibility index (Phi) is 5.11. The molecule has 1 rings (SSSR count). The first-order valence-corrected chi connectivity index (χ1v) is 4.37. The van der Waals surface area contributed by atoms with Gasteiger partial charge in [-0.25, -0.2) is 0 Å². The maximum absolute atomic E-state index is 11.2. The zero-order valence-electron chi connectivity index (χ0n) is 8.65. The van der Waals surface area contributed by atoms with E-state index in [0.717, 1.165) is 5.56 Å². The normalized spacial score (nSPS) is 11.4. The summed E-state index contributed by atoms with van der Waals surface area (Å²) in [6.45, 7) is 3.46. The van der Waals surface area contributed by atoms with Gasteiger partial charge in [-0.1, -0.05) is 6.07 Å². The highest BCUT2D eigenvalue weighted by molar-refractivity contribution is 5.95. The second-order valence-electron chi connectivity index (χ2n) is 3.30. The summed E-state index contributed by atoms with van der Waals surface area (Å²) in [7, 11) is 0. The molecule has 1 atom stereocenters. The molecule has 0 aliphatic carbocycles. The Morgan fingerprint density at radius 3 is 2.67 bits per heavy atom. The van der Waals surface area contributed by atoms with E-state index in [1.807, 2.05) is 6.92 Å². The van der Waals surface area contributed by atoms with Crippen molar-refractivity contribution in [1.82, 2.24) is 0 Å². The van der Waals surface area contributed by atoms with E-state index in [1.54, 1.807) is 19.1 Å². The second-order valence-corrected chi connectivity index (χ2v) is 3.30. The highest BCUT2D eigenvalue weighted by Crippen LogP contribution is 2.23. The predicted molar refractivity (Wildman–Crippen MR) is 62.4 cm³/mol. The van der Waals surface area contributed by atoms with Gasteiger partial charge in [-0.3, -0.25) is 4.79 Å². The molecule has 0 saturated heterocycles. The molecule has 4 nitrogen and oxygen atoms in total. The van der Waals surface area contributed by atoms with Crippen molar-refractivity contribution in [2.75, 3.05) is 5.32 Å². The monoisotopic (exact) mass is 230 g/mol. The van der Waals surface area contributed by atoms with E-state index >= 15 is 0 Å². The molecule has 0 saturated carbocycles. The SMILES string of the molecule is Cc1ccc(O)c(NC(=O)C(C)N)c1.Cl. The van der Waals surface area contributed by atoms with Crippen LogP contribution in [0.1, 0.15) is 12.5 Å². The quantitative estimate of drug-likeness (QED) is 0.673. The van der Waals surface area contributed by atoms with Gasteiger partial charge >= 0.3 is 0 Å². The number of aromatic hydroxyl groups is 1. The van der Waals surface area contributed by atoms with Crippen LogP contribution in [-0.4, -0.2) is 17.1 Å². The van der Waals surface area contributed by atoms with E-state index in [4.69, 9.17) is 5.73 Å². The number of carbonyl (C=O) groups excluding carboxylic acids is 1. The molecule has 0 heterocycles. The lowest BCUT2D eigenvalue weighted by atomic mass is 10.2. The fraction of sp³-hybridized carbons (Fsp3) is 0.300. The van der Waals surface area contributed by atoms with Crippen LogP contribution in [0.5, 0.6) is 5.75 Å². The molecule has 0 radical (unpaired) electrons. The third kappa shape index (κ3) is 3.77. The number of rotatable bonds is 2. The van der Waals surface area contributed by atoms with Crippen LogP contribution in [0.15, 0.2) is 18.2 Å². The van der Waals surface area contributed by atoms with Gasteiger partial charge in [-0.05, 0) is 31.5 Å². The van der Waals surface area contributed by atoms with Gasteiger partial charge in [0, 0.05) is 0 Å². The van der Waals surface area contributed by atoms with Crippen molar-refractivity contribution in [3.05, 3.63) is 23.8 Å². The zero-order chi connectivity index (χ0) is 10.7. The molecule has 1 unspecified atom stereocenters. The largest absolute Gasteiger partial charge is 0.506 e. The smallest absolute Gasteiger partial charge is 0.241 e. The molecule has 0 aliphatic rings. The molecule has 84 valence electrons. The van der Waals surface area contributed by atoms with Crippen LogP contribution < -0.4 is 11.1 Å². The van der Waals surface area contributed by atoms with E-state index in [1.165, 1.54) is 6.07 Å². The molecular formula is C10H15ClN2O2. The van der Waals surface area contributed by atoms with E-state index in [2.05, 4.69) is 5.32 Å². The summed E-state index contributed by atoms with van der Waals surface area (Å²) in [5.41, 5.74) is 6.73. The maximum atomic E-state index is 11.2. The first-order valence-electron chi connectivity index (χ1n) is 4.37. The minimum absolute atomic E-state index is 0. The van der Waals surface area contributed by atoms with Crippen molar-refractivity contribution in [2.24, 2.45) is 5.73 Å². The predicted octanol–water partition coefficient (Wildman–Crippen LogP) is 1.41. The fourth-order valence-corrected chi connectivity index (χ4v) is 0.997. The van der Waals surface area contributed by atoms with Gasteiger partial charge < -0.3 is 16.2 Å². The standard InChI is InChI=1S/C10H14N2O2.ClH/c1-6-3-4-9(13)8(5-6)12-10(14)7(2)11;/h3-5,7,13H,11H2,1-2H3,(H,12,14);1H. The molecular weight excluding hydrogens is 216 g/mol. The molecule has 15 heavy (non-hydrogen) atoms. The zero-order valence-corrected chi connectivity index (χ0v) is 9.47. The molecule has 5 heteroatoms. The van der Waals surface area contributed by atoms with E-state index in [-0.39, 0.29) is 24.1 Å². The van der Waals surface area contributed by atoms with Crippen LogP contribution >= 0.6 is 12.4 Å². The number of hydrogen-bond donors (Lipinski definition) is 3. The summed E-state index contributed by atoms with van der Waals surface area (Å²) < 4.78 is 0. The van der Waals surface area contributed by atoms with Crippen molar-refractivity contribution >= 4 is 24.0 Å². The topological polar surface area (TPSA) is 75.3 Å². The van der Waals surface area contributed by atoms with Crippen molar-refractivity contribution in [1.29, 1.82) is 0 Å². The first-order chi connectivity index (χ1) is 6.50. The maximum Gasteiger partial charge on any atom is 0.241 e. The Balaban J connectivity index is 0.00000196. The number of nitrogens with one attached hydrogen (secondary N) is 1. The van der Waals surface area contributed by atoms with Gasteiger partial charge in [0.1, 0.15) is 5.75 Å². The Hall–Kier alpha value is -1.26. The average Bonchev–Trinajstić information content (AvgIpc) is 2.11. The number of phenols is 1. The van der Waals surface area contributed by atoms with Crippen LogP contribution in [0.3, 0.4) is 0 Å². The lowest BCUT2D eigenvalue weighted by Gasteiger charge is -2.09. The highest BCUT2D eigenvalue weighted by atomic mass is 35.5. The lowest BCUT2D eigenvalue weighted by molar-refractivity contribution is -0.117. The lowest BCUT2D eigenvalue weighted by Crippen LogP contribution is -2.32. The second kappa shape index (κ2) is 5.58. The number of carbonyl (C=O) groups is 1. The number of benzene rings is 1. The van der Waals surface area contributed by atoms with E-state index < -0.39 is 6.04 Å². The Bertz CT molecular complexity index is 353. The van der Waals surface area contributed by atoms with Crippen LogP contribution in [0.25, 0.3) is 0 Å². The van der Waals surface area contributed by atoms with Gasteiger partial charge in [0.2, 0.25) is 5.91 Å². The molecule has 0 fully saturated rings. The van der Waals surface area contributed by atoms with Crippen LogP contribution in [0.2, 0.25) is 0 Å². The van der Waals surface area contributed by atoms with E-state index in [9.17, 15) is 9.90 Å². The summed E-state index contributed by atoms with van der Waals surface area (Å²) in [6, 6.07) is 4.40. The first kappa shape index (κ1) is 13.7. The molecule has 0 spiro atoms. The van der Waals surface area contributed by atoms with Gasteiger partial charge in [-0.15, -0.1) is 12.4 Å². The highest BCUT2D eigenvalue weighted by Gasteiger charge is 2.09. The molecule has 1 aromatic carbocycles.